The Bertz CT molecular complexity index is 1150. The highest BCUT2D eigenvalue weighted by Crippen LogP contribution is 2.26. The molecule has 1 aliphatic carbocycles. The molecule has 0 unspecified atom stereocenters. The number of nitriles is 1. The fraction of sp³-hybridized carbons (Fsp3) is 0.308. The molecule has 1 aliphatic rings. The number of aromatic nitrogens is 1. The number of hydrogen-bond donors (Lipinski definition) is 1. The van der Waals surface area contributed by atoms with E-state index in [-0.39, 0.29) is 17.5 Å². The number of carbonyl (C=O) groups excluding carboxylic acids is 1. The van der Waals surface area contributed by atoms with Crippen LogP contribution < -0.4 is 5.32 Å². The van der Waals surface area contributed by atoms with Crippen molar-refractivity contribution in [1.82, 2.24) is 9.88 Å². The SMILES string of the molecule is N#C/C(=C/c1cn(CCSc2ccc(Cl)cc2)c2ccccc12)C(=O)NC1CCCCC1. The van der Waals surface area contributed by atoms with Crippen molar-refractivity contribution in [3.63, 3.8) is 0 Å². The molecule has 2 aromatic carbocycles. The summed E-state index contributed by atoms with van der Waals surface area (Å²) < 4.78 is 2.19. The Morgan fingerprint density at radius 2 is 1.91 bits per heavy atom. The van der Waals surface area contributed by atoms with Crippen LogP contribution in [0.4, 0.5) is 0 Å². The quantitative estimate of drug-likeness (QED) is 0.249. The maximum Gasteiger partial charge on any atom is 0.262 e. The van der Waals surface area contributed by atoms with Gasteiger partial charge in [0.05, 0.1) is 0 Å². The van der Waals surface area contributed by atoms with Gasteiger partial charge in [-0.25, -0.2) is 0 Å². The molecule has 164 valence electrons. The summed E-state index contributed by atoms with van der Waals surface area (Å²) in [6.07, 6.45) is 9.25. The Kier molecular flexibility index (Phi) is 7.57. The number of aryl methyl sites for hydroxylation is 1. The van der Waals surface area contributed by atoms with Gasteiger partial charge in [-0.3, -0.25) is 4.79 Å². The number of nitrogens with zero attached hydrogens (tertiary/aromatic N) is 2. The molecule has 4 rings (SSSR count). The Balaban J connectivity index is 1.51. The molecule has 6 heteroatoms. The molecule has 0 spiro atoms. The maximum atomic E-state index is 12.7. The first kappa shape index (κ1) is 22.5. The van der Waals surface area contributed by atoms with Crippen LogP contribution in [0.25, 0.3) is 17.0 Å². The minimum absolute atomic E-state index is 0.161. The van der Waals surface area contributed by atoms with Crippen LogP contribution in [0.1, 0.15) is 37.7 Å². The number of hydrogen-bond acceptors (Lipinski definition) is 3. The Morgan fingerprint density at radius 1 is 1.16 bits per heavy atom. The van der Waals surface area contributed by atoms with Crippen LogP contribution in [-0.2, 0) is 11.3 Å². The van der Waals surface area contributed by atoms with Crippen LogP contribution in [0.3, 0.4) is 0 Å². The highest BCUT2D eigenvalue weighted by Gasteiger charge is 2.18. The Morgan fingerprint density at radius 3 is 2.66 bits per heavy atom. The van der Waals surface area contributed by atoms with E-state index in [4.69, 9.17) is 11.6 Å². The van der Waals surface area contributed by atoms with E-state index in [9.17, 15) is 10.1 Å². The van der Waals surface area contributed by atoms with E-state index in [1.807, 2.05) is 48.7 Å². The molecule has 0 aliphatic heterocycles. The van der Waals surface area contributed by atoms with Crippen LogP contribution in [0.5, 0.6) is 0 Å². The summed E-state index contributed by atoms with van der Waals surface area (Å²) in [5.74, 6) is 0.631. The molecule has 1 fully saturated rings. The van der Waals surface area contributed by atoms with Gasteiger partial charge < -0.3 is 9.88 Å². The van der Waals surface area contributed by atoms with E-state index in [0.29, 0.717) is 0 Å². The molecule has 3 aromatic rings. The van der Waals surface area contributed by atoms with E-state index >= 15 is 0 Å². The van der Waals surface area contributed by atoms with E-state index in [1.54, 1.807) is 17.8 Å². The number of amides is 1. The smallest absolute Gasteiger partial charge is 0.262 e. The number of halogens is 1. The van der Waals surface area contributed by atoms with E-state index in [2.05, 4.69) is 22.0 Å². The summed E-state index contributed by atoms with van der Waals surface area (Å²) in [4.78, 5) is 13.9. The molecule has 1 N–H and O–H groups in total. The Hall–Kier alpha value is -2.68. The summed E-state index contributed by atoms with van der Waals surface area (Å²) in [5, 5.41) is 14.5. The van der Waals surface area contributed by atoms with Crippen LogP contribution in [-0.4, -0.2) is 22.3 Å². The van der Waals surface area contributed by atoms with Gasteiger partial charge in [-0.1, -0.05) is 49.1 Å². The van der Waals surface area contributed by atoms with Crippen molar-refractivity contribution in [3.05, 3.63) is 70.9 Å². The molecule has 0 radical (unpaired) electrons. The molecular weight excluding hydrogens is 438 g/mol. The van der Waals surface area contributed by atoms with Crippen LogP contribution in [0, 0.1) is 11.3 Å². The maximum absolute atomic E-state index is 12.7. The molecule has 1 amide bonds. The second kappa shape index (κ2) is 10.8. The van der Waals surface area contributed by atoms with Crippen molar-refractivity contribution in [3.8, 4) is 6.07 Å². The van der Waals surface area contributed by atoms with Crippen molar-refractivity contribution in [2.75, 3.05) is 5.75 Å². The zero-order valence-corrected chi connectivity index (χ0v) is 19.5. The molecule has 0 saturated heterocycles. The number of carbonyl (C=O) groups is 1. The van der Waals surface area contributed by atoms with Gasteiger partial charge in [-0.15, -0.1) is 11.8 Å². The highest BCUT2D eigenvalue weighted by atomic mass is 35.5. The molecule has 0 bridgehead atoms. The predicted molar refractivity (Wildman–Crippen MR) is 133 cm³/mol. The van der Waals surface area contributed by atoms with Gasteiger partial charge in [-0.2, -0.15) is 5.26 Å². The first-order chi connectivity index (χ1) is 15.6. The van der Waals surface area contributed by atoms with Crippen LogP contribution in [0.15, 0.2) is 65.2 Å². The number of benzene rings is 2. The van der Waals surface area contributed by atoms with Gasteiger partial charge in [0.2, 0.25) is 0 Å². The topological polar surface area (TPSA) is 57.8 Å². The summed E-state index contributed by atoms with van der Waals surface area (Å²) in [6.45, 7) is 0.817. The largest absolute Gasteiger partial charge is 0.349 e. The molecule has 0 atom stereocenters. The fourth-order valence-electron chi connectivity index (χ4n) is 4.18. The lowest BCUT2D eigenvalue weighted by Crippen LogP contribution is -2.36. The molecule has 1 heterocycles. The predicted octanol–water partition coefficient (Wildman–Crippen LogP) is 6.44. The highest BCUT2D eigenvalue weighted by molar-refractivity contribution is 7.99. The fourth-order valence-corrected chi connectivity index (χ4v) is 5.16. The summed E-state index contributed by atoms with van der Waals surface area (Å²) >= 11 is 7.74. The normalized spacial score (nSPS) is 14.9. The number of nitrogens with one attached hydrogen (secondary N) is 1. The monoisotopic (exact) mass is 463 g/mol. The third-order valence-corrected chi connectivity index (χ3v) is 7.08. The zero-order valence-electron chi connectivity index (χ0n) is 17.9. The molecular formula is C26H26ClN3OS. The average Bonchev–Trinajstić information content (AvgIpc) is 3.17. The lowest BCUT2D eigenvalue weighted by molar-refractivity contribution is -0.117. The third kappa shape index (κ3) is 5.56. The van der Waals surface area contributed by atoms with E-state index < -0.39 is 0 Å². The molecule has 32 heavy (non-hydrogen) atoms. The van der Waals surface area contributed by atoms with Crippen molar-refractivity contribution >= 4 is 46.2 Å². The summed E-state index contributed by atoms with van der Waals surface area (Å²) in [5.41, 5.74) is 2.15. The van der Waals surface area contributed by atoms with Gasteiger partial charge in [0, 0.05) is 50.9 Å². The first-order valence-corrected chi connectivity index (χ1v) is 12.4. The number of fused-ring (bicyclic) bond motifs is 1. The first-order valence-electron chi connectivity index (χ1n) is 11.0. The average molecular weight is 464 g/mol. The van der Waals surface area contributed by atoms with Crippen molar-refractivity contribution < 1.29 is 4.79 Å². The molecule has 1 aromatic heterocycles. The Labute approximate surface area is 198 Å². The number of thioether (sulfide) groups is 1. The standard InChI is InChI=1S/C26H26ClN3OS/c27-21-10-12-23(13-11-21)32-15-14-30-18-20(24-8-4-5-9-25(24)30)16-19(17-28)26(31)29-22-6-2-1-3-7-22/h4-5,8-13,16,18,22H,1-3,6-7,14-15H2,(H,29,31)/b19-16-. The van der Waals surface area contributed by atoms with Gasteiger partial charge in [-0.05, 0) is 49.2 Å². The second-order valence-corrected chi connectivity index (χ2v) is 9.68. The third-order valence-electron chi connectivity index (χ3n) is 5.84. The summed E-state index contributed by atoms with van der Waals surface area (Å²) in [7, 11) is 0. The minimum Gasteiger partial charge on any atom is -0.349 e. The molecule has 4 nitrogen and oxygen atoms in total. The van der Waals surface area contributed by atoms with Crippen molar-refractivity contribution in [2.45, 2.75) is 49.6 Å². The molecule has 1 saturated carbocycles. The van der Waals surface area contributed by atoms with Crippen LogP contribution in [0.2, 0.25) is 5.02 Å². The summed E-state index contributed by atoms with van der Waals surface area (Å²) in [6, 6.07) is 18.3. The number of rotatable bonds is 7. The van der Waals surface area contributed by atoms with Crippen molar-refractivity contribution in [2.24, 2.45) is 0 Å². The van der Waals surface area contributed by atoms with Crippen molar-refractivity contribution in [1.29, 1.82) is 5.26 Å². The lowest BCUT2D eigenvalue weighted by Gasteiger charge is -2.22. The minimum atomic E-state index is -0.269. The van der Waals surface area contributed by atoms with Gasteiger partial charge in [0.25, 0.3) is 5.91 Å². The van der Waals surface area contributed by atoms with E-state index in [0.717, 1.165) is 59.5 Å². The van der Waals surface area contributed by atoms with E-state index in [1.165, 1.54) is 11.3 Å². The zero-order chi connectivity index (χ0) is 22.3. The van der Waals surface area contributed by atoms with Gasteiger partial charge in [0.15, 0.2) is 0 Å². The van der Waals surface area contributed by atoms with Gasteiger partial charge in [0.1, 0.15) is 11.6 Å². The van der Waals surface area contributed by atoms with Gasteiger partial charge >= 0.3 is 0 Å². The lowest BCUT2D eigenvalue weighted by atomic mass is 9.95. The number of para-hydroxylation sites is 1. The second-order valence-electron chi connectivity index (χ2n) is 8.08. The van der Waals surface area contributed by atoms with Crippen LogP contribution >= 0.6 is 23.4 Å².